The first-order valence-corrected chi connectivity index (χ1v) is 7.51. The fourth-order valence-corrected chi connectivity index (χ4v) is 2.16. The maximum Gasteiger partial charge on any atom is 0.356 e. The average molecular weight is 282 g/mol. The van der Waals surface area contributed by atoms with Gasteiger partial charge in [-0.25, -0.2) is 9.78 Å². The molecule has 0 amide bonds. The Labute approximate surface area is 120 Å². The van der Waals surface area contributed by atoms with Crippen LogP contribution in [-0.4, -0.2) is 27.7 Å². The molecule has 1 aromatic heterocycles. The van der Waals surface area contributed by atoms with Gasteiger partial charge >= 0.3 is 5.97 Å². The molecule has 0 aliphatic heterocycles. The number of ether oxygens (including phenoxy) is 1. The third kappa shape index (κ3) is 3.60. The molecule has 0 unspecified atom stereocenters. The topological polar surface area (TPSA) is 75.2 Å². The van der Waals surface area contributed by atoms with Crippen molar-refractivity contribution in [3.8, 4) is 0 Å². The number of aromatic nitrogens is 2. The summed E-state index contributed by atoms with van der Waals surface area (Å²) in [6, 6.07) is 0. The third-order valence-corrected chi connectivity index (χ3v) is 3.61. The second-order valence-corrected chi connectivity index (χ2v) is 4.97. The zero-order chi connectivity index (χ0) is 15.2. The molecule has 0 saturated carbocycles. The lowest BCUT2D eigenvalue weighted by Gasteiger charge is -2.23. The van der Waals surface area contributed by atoms with E-state index in [9.17, 15) is 9.90 Å². The van der Waals surface area contributed by atoms with Crippen molar-refractivity contribution in [2.24, 2.45) is 0 Å². The molecule has 0 atom stereocenters. The summed E-state index contributed by atoms with van der Waals surface area (Å²) in [4.78, 5) is 19.5. The van der Waals surface area contributed by atoms with Crippen LogP contribution >= 0.6 is 0 Å². The summed E-state index contributed by atoms with van der Waals surface area (Å²) in [5.74, 6) is 0.295. The van der Waals surface area contributed by atoms with Gasteiger partial charge in [0.25, 0.3) is 0 Å². The van der Waals surface area contributed by atoms with Crippen molar-refractivity contribution < 1.29 is 14.6 Å². The molecule has 5 nitrogen and oxygen atoms in total. The van der Waals surface area contributed by atoms with Crippen LogP contribution in [0.4, 0.5) is 0 Å². The van der Waals surface area contributed by atoms with E-state index in [0.29, 0.717) is 30.8 Å². The standard InChI is InChI=1S/C15H26N2O3/c1-5-9-10-11-16-12(14(18)20-8-4)13(17-11)15(19,6-2)7-3/h19H,5-10H2,1-4H3,(H,16,17). The maximum absolute atomic E-state index is 12.0. The zero-order valence-electron chi connectivity index (χ0n) is 13.0. The maximum atomic E-state index is 12.0. The lowest BCUT2D eigenvalue weighted by atomic mass is 9.92. The second kappa shape index (κ2) is 7.43. The Bertz CT molecular complexity index is 436. The predicted molar refractivity (Wildman–Crippen MR) is 77.6 cm³/mol. The summed E-state index contributed by atoms with van der Waals surface area (Å²) in [6.45, 7) is 7.94. The van der Waals surface area contributed by atoms with E-state index in [1.807, 2.05) is 13.8 Å². The molecule has 0 bridgehead atoms. The summed E-state index contributed by atoms with van der Waals surface area (Å²) < 4.78 is 5.05. The summed E-state index contributed by atoms with van der Waals surface area (Å²) in [5.41, 5.74) is -0.362. The lowest BCUT2D eigenvalue weighted by molar-refractivity contribution is 0.0207. The first-order valence-electron chi connectivity index (χ1n) is 7.51. The van der Waals surface area contributed by atoms with Crippen molar-refractivity contribution in [1.29, 1.82) is 0 Å². The van der Waals surface area contributed by atoms with Crippen molar-refractivity contribution in [2.75, 3.05) is 6.61 Å². The highest BCUT2D eigenvalue weighted by Gasteiger charge is 2.34. The lowest BCUT2D eigenvalue weighted by Crippen LogP contribution is -2.27. The van der Waals surface area contributed by atoms with E-state index < -0.39 is 11.6 Å². The number of aliphatic hydroxyl groups is 1. The van der Waals surface area contributed by atoms with Gasteiger partial charge in [-0.1, -0.05) is 27.2 Å². The van der Waals surface area contributed by atoms with Crippen molar-refractivity contribution >= 4 is 5.97 Å². The van der Waals surface area contributed by atoms with Gasteiger partial charge in [0.05, 0.1) is 6.61 Å². The van der Waals surface area contributed by atoms with Gasteiger partial charge in [-0.05, 0) is 26.2 Å². The third-order valence-electron chi connectivity index (χ3n) is 3.61. The van der Waals surface area contributed by atoms with E-state index in [0.717, 1.165) is 25.1 Å². The zero-order valence-corrected chi connectivity index (χ0v) is 13.0. The van der Waals surface area contributed by atoms with Crippen LogP contribution in [0.15, 0.2) is 0 Å². The highest BCUT2D eigenvalue weighted by molar-refractivity contribution is 5.89. The molecular weight excluding hydrogens is 256 g/mol. The van der Waals surface area contributed by atoms with Crippen molar-refractivity contribution in [1.82, 2.24) is 9.97 Å². The van der Waals surface area contributed by atoms with Gasteiger partial charge in [0.2, 0.25) is 0 Å². The number of rotatable bonds is 8. The van der Waals surface area contributed by atoms with Crippen LogP contribution in [0.25, 0.3) is 0 Å². The Hall–Kier alpha value is -1.36. The molecule has 0 aliphatic rings. The SMILES string of the molecule is CCCCc1nc(C(O)(CC)CC)c(C(=O)OCC)[nH]1. The van der Waals surface area contributed by atoms with E-state index in [1.54, 1.807) is 6.92 Å². The number of H-pyrrole nitrogens is 1. The predicted octanol–water partition coefficient (Wildman–Crippen LogP) is 2.94. The molecule has 0 saturated heterocycles. The number of carbonyl (C=O) groups is 1. The number of imidazole rings is 1. The Balaban J connectivity index is 3.17. The number of aromatic amines is 1. The van der Waals surface area contributed by atoms with Gasteiger partial charge in [-0.2, -0.15) is 0 Å². The fraction of sp³-hybridized carbons (Fsp3) is 0.733. The van der Waals surface area contributed by atoms with E-state index in [2.05, 4.69) is 16.9 Å². The Morgan fingerprint density at radius 3 is 2.45 bits per heavy atom. The molecule has 0 aromatic carbocycles. The minimum Gasteiger partial charge on any atom is -0.461 e. The Kier molecular flexibility index (Phi) is 6.20. The van der Waals surface area contributed by atoms with Crippen LogP contribution in [0.5, 0.6) is 0 Å². The van der Waals surface area contributed by atoms with Crippen LogP contribution in [0.1, 0.15) is 75.4 Å². The van der Waals surface area contributed by atoms with Gasteiger partial charge in [0, 0.05) is 6.42 Å². The summed E-state index contributed by atoms with van der Waals surface area (Å²) >= 11 is 0. The van der Waals surface area contributed by atoms with Gasteiger partial charge in [0.15, 0.2) is 5.69 Å². The highest BCUT2D eigenvalue weighted by atomic mass is 16.5. The molecule has 2 N–H and O–H groups in total. The first kappa shape index (κ1) is 16.7. The molecule has 1 aromatic rings. The number of aryl methyl sites for hydroxylation is 1. The minimum atomic E-state index is -1.08. The molecule has 114 valence electrons. The van der Waals surface area contributed by atoms with Crippen LogP contribution in [0, 0.1) is 0 Å². The fourth-order valence-electron chi connectivity index (χ4n) is 2.16. The van der Waals surface area contributed by atoms with E-state index >= 15 is 0 Å². The summed E-state index contributed by atoms with van der Waals surface area (Å²) in [5, 5.41) is 10.6. The Morgan fingerprint density at radius 1 is 1.30 bits per heavy atom. The molecule has 1 rings (SSSR count). The average Bonchev–Trinajstić information content (AvgIpc) is 2.89. The first-order chi connectivity index (χ1) is 9.52. The van der Waals surface area contributed by atoms with E-state index in [-0.39, 0.29) is 0 Å². The number of unbranched alkanes of at least 4 members (excludes halogenated alkanes) is 1. The molecular formula is C15H26N2O3. The molecule has 0 radical (unpaired) electrons. The van der Waals surface area contributed by atoms with Crippen LogP contribution in [0.2, 0.25) is 0 Å². The smallest absolute Gasteiger partial charge is 0.356 e. The molecule has 0 spiro atoms. The van der Waals surface area contributed by atoms with E-state index in [1.165, 1.54) is 0 Å². The van der Waals surface area contributed by atoms with Crippen LogP contribution in [-0.2, 0) is 16.8 Å². The van der Waals surface area contributed by atoms with Crippen molar-refractivity contribution in [3.63, 3.8) is 0 Å². The molecule has 0 fully saturated rings. The van der Waals surface area contributed by atoms with Crippen LogP contribution in [0.3, 0.4) is 0 Å². The van der Waals surface area contributed by atoms with Gasteiger partial charge in [0.1, 0.15) is 17.1 Å². The molecule has 1 heterocycles. The second-order valence-electron chi connectivity index (χ2n) is 4.97. The van der Waals surface area contributed by atoms with Crippen LogP contribution < -0.4 is 0 Å². The van der Waals surface area contributed by atoms with E-state index in [4.69, 9.17) is 4.74 Å². The largest absolute Gasteiger partial charge is 0.461 e. The molecule has 5 heteroatoms. The van der Waals surface area contributed by atoms with Gasteiger partial charge in [-0.15, -0.1) is 0 Å². The number of hydrogen-bond donors (Lipinski definition) is 2. The number of carbonyl (C=O) groups excluding carboxylic acids is 1. The number of nitrogens with zero attached hydrogens (tertiary/aromatic N) is 1. The summed E-state index contributed by atoms with van der Waals surface area (Å²) in [7, 11) is 0. The van der Waals surface area contributed by atoms with Crippen molar-refractivity contribution in [3.05, 3.63) is 17.2 Å². The van der Waals surface area contributed by atoms with Gasteiger partial charge in [-0.3, -0.25) is 0 Å². The van der Waals surface area contributed by atoms with Crippen molar-refractivity contribution in [2.45, 2.75) is 65.4 Å². The Morgan fingerprint density at radius 2 is 1.95 bits per heavy atom. The number of hydrogen-bond acceptors (Lipinski definition) is 4. The number of nitrogens with one attached hydrogen (secondary N) is 1. The highest BCUT2D eigenvalue weighted by Crippen LogP contribution is 2.30. The quantitative estimate of drug-likeness (QED) is 0.719. The normalized spacial score (nSPS) is 11.7. The van der Waals surface area contributed by atoms with Gasteiger partial charge < -0.3 is 14.8 Å². The monoisotopic (exact) mass is 282 g/mol. The molecule has 20 heavy (non-hydrogen) atoms. The summed E-state index contributed by atoms with van der Waals surface area (Å²) in [6.07, 6.45) is 3.83. The molecule has 0 aliphatic carbocycles. The number of esters is 1. The minimum absolute atomic E-state index is 0.296.